The average Bonchev–Trinajstić information content (AvgIpc) is 2.57. The summed E-state index contributed by atoms with van der Waals surface area (Å²) in [5, 5.41) is 4.62. The number of aromatic nitrogens is 2. The molecule has 3 heteroatoms. The summed E-state index contributed by atoms with van der Waals surface area (Å²) in [4.78, 5) is 0. The smallest absolute Gasteiger partial charge is 0.0681 e. The SMILES string of the molecule is Cc1nn(-c2ccccc2CC(C)N)c(C)c1C. The van der Waals surface area contributed by atoms with Crippen LogP contribution in [-0.4, -0.2) is 15.8 Å². The third-order valence-corrected chi connectivity index (χ3v) is 3.41. The minimum absolute atomic E-state index is 0.157. The van der Waals surface area contributed by atoms with Gasteiger partial charge in [0.25, 0.3) is 0 Å². The maximum absolute atomic E-state index is 5.91. The Morgan fingerprint density at radius 1 is 1.22 bits per heavy atom. The number of nitrogens with zero attached hydrogens (tertiary/aromatic N) is 2. The first-order valence-corrected chi connectivity index (χ1v) is 6.37. The van der Waals surface area contributed by atoms with Crippen LogP contribution in [0, 0.1) is 20.8 Å². The van der Waals surface area contributed by atoms with E-state index in [0.29, 0.717) is 0 Å². The van der Waals surface area contributed by atoms with Gasteiger partial charge in [0.1, 0.15) is 0 Å². The lowest BCUT2D eigenvalue weighted by Gasteiger charge is -2.13. The van der Waals surface area contributed by atoms with Crippen molar-refractivity contribution in [3.05, 3.63) is 46.8 Å². The van der Waals surface area contributed by atoms with Crippen LogP contribution in [0.3, 0.4) is 0 Å². The maximum Gasteiger partial charge on any atom is 0.0681 e. The Kier molecular flexibility index (Phi) is 3.53. The molecule has 0 spiro atoms. The lowest BCUT2D eigenvalue weighted by molar-refractivity contribution is 0.724. The zero-order valence-electron chi connectivity index (χ0n) is 11.6. The molecule has 0 saturated carbocycles. The van der Waals surface area contributed by atoms with Crippen molar-refractivity contribution in [2.24, 2.45) is 5.73 Å². The minimum Gasteiger partial charge on any atom is -0.328 e. The van der Waals surface area contributed by atoms with Crippen LogP contribution in [0.1, 0.15) is 29.4 Å². The van der Waals surface area contributed by atoms with Gasteiger partial charge in [-0.2, -0.15) is 5.10 Å². The van der Waals surface area contributed by atoms with Crippen molar-refractivity contribution < 1.29 is 0 Å². The largest absolute Gasteiger partial charge is 0.328 e. The van der Waals surface area contributed by atoms with Crippen LogP contribution < -0.4 is 5.73 Å². The summed E-state index contributed by atoms with van der Waals surface area (Å²) in [6.07, 6.45) is 0.869. The van der Waals surface area contributed by atoms with Crippen LogP contribution in [0.4, 0.5) is 0 Å². The number of para-hydroxylation sites is 1. The van der Waals surface area contributed by atoms with E-state index in [1.54, 1.807) is 0 Å². The fourth-order valence-electron chi connectivity index (χ4n) is 2.19. The number of aryl methyl sites for hydroxylation is 1. The monoisotopic (exact) mass is 243 g/mol. The third kappa shape index (κ3) is 2.31. The standard InChI is InChI=1S/C15H21N3/c1-10(16)9-14-7-5-6-8-15(14)18-13(4)11(2)12(3)17-18/h5-8,10H,9,16H2,1-4H3. The highest BCUT2D eigenvalue weighted by molar-refractivity contribution is 5.43. The molecule has 1 unspecified atom stereocenters. The van der Waals surface area contributed by atoms with Gasteiger partial charge in [0.2, 0.25) is 0 Å². The minimum atomic E-state index is 0.157. The van der Waals surface area contributed by atoms with Crippen LogP contribution >= 0.6 is 0 Å². The van der Waals surface area contributed by atoms with Crippen molar-refractivity contribution in [2.75, 3.05) is 0 Å². The fraction of sp³-hybridized carbons (Fsp3) is 0.400. The van der Waals surface area contributed by atoms with Crippen LogP contribution in [-0.2, 0) is 6.42 Å². The second-order valence-electron chi connectivity index (χ2n) is 5.02. The summed E-state index contributed by atoms with van der Waals surface area (Å²) in [5.41, 5.74) is 11.8. The zero-order valence-corrected chi connectivity index (χ0v) is 11.6. The molecule has 96 valence electrons. The second-order valence-corrected chi connectivity index (χ2v) is 5.02. The fourth-order valence-corrected chi connectivity index (χ4v) is 2.19. The molecule has 18 heavy (non-hydrogen) atoms. The molecular weight excluding hydrogens is 222 g/mol. The van der Waals surface area contributed by atoms with Gasteiger partial charge in [-0.3, -0.25) is 0 Å². The van der Waals surface area contributed by atoms with E-state index in [1.165, 1.54) is 16.8 Å². The van der Waals surface area contributed by atoms with E-state index in [4.69, 9.17) is 5.73 Å². The first-order valence-electron chi connectivity index (χ1n) is 6.37. The molecule has 1 aromatic carbocycles. The van der Waals surface area contributed by atoms with Gasteiger partial charge in [0.05, 0.1) is 11.4 Å². The lowest BCUT2D eigenvalue weighted by atomic mass is 10.1. The summed E-state index contributed by atoms with van der Waals surface area (Å²) in [6.45, 7) is 8.30. The molecule has 2 rings (SSSR count). The number of benzene rings is 1. The van der Waals surface area contributed by atoms with Crippen molar-refractivity contribution >= 4 is 0 Å². The Morgan fingerprint density at radius 2 is 1.89 bits per heavy atom. The summed E-state index contributed by atoms with van der Waals surface area (Å²) in [6, 6.07) is 8.50. The average molecular weight is 243 g/mol. The van der Waals surface area contributed by atoms with Crippen LogP contribution in [0.25, 0.3) is 5.69 Å². The molecule has 0 radical (unpaired) electrons. The highest BCUT2D eigenvalue weighted by atomic mass is 15.3. The van der Waals surface area contributed by atoms with Gasteiger partial charge in [-0.15, -0.1) is 0 Å². The topological polar surface area (TPSA) is 43.8 Å². The Labute approximate surface area is 109 Å². The molecule has 2 aromatic rings. The van der Waals surface area contributed by atoms with Crippen LogP contribution in [0.2, 0.25) is 0 Å². The van der Waals surface area contributed by atoms with Gasteiger partial charge in [0, 0.05) is 11.7 Å². The highest BCUT2D eigenvalue weighted by Crippen LogP contribution is 2.20. The predicted octanol–water partition coefficient (Wildman–Crippen LogP) is 2.69. The molecule has 0 amide bonds. The molecule has 1 atom stereocenters. The lowest BCUT2D eigenvalue weighted by Crippen LogP contribution is -2.19. The molecule has 0 aliphatic carbocycles. The maximum atomic E-state index is 5.91. The number of nitrogens with two attached hydrogens (primary N) is 1. The van der Waals surface area contributed by atoms with E-state index in [2.05, 4.69) is 37.1 Å². The van der Waals surface area contributed by atoms with Crippen molar-refractivity contribution in [1.82, 2.24) is 9.78 Å². The molecule has 1 heterocycles. The summed E-state index contributed by atoms with van der Waals surface area (Å²) < 4.78 is 2.03. The van der Waals surface area contributed by atoms with Crippen LogP contribution in [0.15, 0.2) is 24.3 Å². The Morgan fingerprint density at radius 3 is 2.44 bits per heavy atom. The summed E-state index contributed by atoms with van der Waals surface area (Å²) >= 11 is 0. The van der Waals surface area contributed by atoms with Gasteiger partial charge in [-0.25, -0.2) is 4.68 Å². The molecule has 0 aliphatic rings. The zero-order chi connectivity index (χ0) is 13.3. The molecule has 0 saturated heterocycles. The normalized spacial score (nSPS) is 12.7. The van der Waals surface area contributed by atoms with Crippen molar-refractivity contribution in [2.45, 2.75) is 40.2 Å². The first kappa shape index (κ1) is 12.8. The van der Waals surface area contributed by atoms with E-state index in [0.717, 1.165) is 17.8 Å². The molecular formula is C15H21N3. The molecule has 1 aromatic heterocycles. The van der Waals surface area contributed by atoms with Crippen molar-refractivity contribution in [3.8, 4) is 5.69 Å². The predicted molar refractivity (Wildman–Crippen MR) is 75.1 cm³/mol. The Balaban J connectivity index is 2.53. The van der Waals surface area contributed by atoms with E-state index in [1.807, 2.05) is 24.6 Å². The Hall–Kier alpha value is -1.61. The van der Waals surface area contributed by atoms with E-state index >= 15 is 0 Å². The van der Waals surface area contributed by atoms with E-state index in [9.17, 15) is 0 Å². The third-order valence-electron chi connectivity index (χ3n) is 3.41. The van der Waals surface area contributed by atoms with Crippen molar-refractivity contribution in [1.29, 1.82) is 0 Å². The molecule has 0 aliphatic heterocycles. The molecule has 0 fully saturated rings. The Bertz CT molecular complexity index is 553. The van der Waals surface area contributed by atoms with Crippen molar-refractivity contribution in [3.63, 3.8) is 0 Å². The number of hydrogen-bond acceptors (Lipinski definition) is 2. The second kappa shape index (κ2) is 4.94. The molecule has 2 N–H and O–H groups in total. The number of hydrogen-bond donors (Lipinski definition) is 1. The van der Waals surface area contributed by atoms with Gasteiger partial charge in [-0.05, 0) is 51.3 Å². The van der Waals surface area contributed by atoms with E-state index < -0.39 is 0 Å². The van der Waals surface area contributed by atoms with Gasteiger partial charge >= 0.3 is 0 Å². The quantitative estimate of drug-likeness (QED) is 0.900. The molecule has 0 bridgehead atoms. The first-order chi connectivity index (χ1) is 8.50. The van der Waals surface area contributed by atoms with Crippen LogP contribution in [0.5, 0.6) is 0 Å². The molecule has 3 nitrogen and oxygen atoms in total. The van der Waals surface area contributed by atoms with E-state index in [-0.39, 0.29) is 6.04 Å². The van der Waals surface area contributed by atoms with Gasteiger partial charge in [0.15, 0.2) is 0 Å². The van der Waals surface area contributed by atoms with Gasteiger partial charge in [-0.1, -0.05) is 18.2 Å². The highest BCUT2D eigenvalue weighted by Gasteiger charge is 2.12. The number of rotatable bonds is 3. The summed E-state index contributed by atoms with van der Waals surface area (Å²) in [7, 11) is 0. The van der Waals surface area contributed by atoms with Gasteiger partial charge < -0.3 is 5.73 Å². The summed E-state index contributed by atoms with van der Waals surface area (Å²) in [5.74, 6) is 0.